The summed E-state index contributed by atoms with van der Waals surface area (Å²) in [4.78, 5) is 43.3. The van der Waals surface area contributed by atoms with Crippen LogP contribution in [0.5, 0.6) is 0 Å². The normalized spacial score (nSPS) is 20.5. The molecule has 0 bridgehead atoms. The highest BCUT2D eigenvalue weighted by Gasteiger charge is 2.51. The molecule has 2 saturated carbocycles. The predicted molar refractivity (Wildman–Crippen MR) is 108 cm³/mol. The first-order valence-corrected chi connectivity index (χ1v) is 10.5. The lowest BCUT2D eigenvalue weighted by Gasteiger charge is -2.30. The predicted octanol–water partition coefficient (Wildman–Crippen LogP) is 2.54. The number of hydrogen-bond donors (Lipinski definition) is 3. The summed E-state index contributed by atoms with van der Waals surface area (Å²) >= 11 is 0. The summed E-state index contributed by atoms with van der Waals surface area (Å²) in [6, 6.07) is 6.73. The Kier molecular flexibility index (Phi) is 4.52. The first-order valence-electron chi connectivity index (χ1n) is 10.5. The van der Waals surface area contributed by atoms with Gasteiger partial charge in [0.05, 0.1) is 0 Å². The average molecular weight is 408 g/mol. The lowest BCUT2D eigenvalue weighted by atomic mass is 9.82. The molecule has 2 aliphatic carbocycles. The number of benzene rings is 1. The molecule has 0 atom stereocenters. The Balaban J connectivity index is 1.25. The minimum Gasteiger partial charge on any atom is -0.325 e. The van der Waals surface area contributed by atoms with Gasteiger partial charge in [-0.2, -0.15) is 5.10 Å². The molecule has 1 aromatic carbocycles. The van der Waals surface area contributed by atoms with Crippen LogP contribution in [0.3, 0.4) is 0 Å². The number of rotatable bonds is 5. The van der Waals surface area contributed by atoms with E-state index in [2.05, 4.69) is 25.8 Å². The maximum absolute atomic E-state index is 12.8. The van der Waals surface area contributed by atoms with Gasteiger partial charge in [0.1, 0.15) is 17.9 Å². The Morgan fingerprint density at radius 2 is 2.00 bits per heavy atom. The zero-order chi connectivity index (χ0) is 20.7. The second kappa shape index (κ2) is 7.23. The number of amides is 4. The van der Waals surface area contributed by atoms with Crippen LogP contribution >= 0.6 is 0 Å². The van der Waals surface area contributed by atoms with E-state index in [1.54, 1.807) is 12.1 Å². The number of urea groups is 1. The molecule has 4 amide bonds. The fourth-order valence-corrected chi connectivity index (χ4v) is 4.34. The summed E-state index contributed by atoms with van der Waals surface area (Å²) in [5, 5.41) is 12.8. The van der Waals surface area contributed by atoms with E-state index in [1.165, 1.54) is 0 Å². The van der Waals surface area contributed by atoms with E-state index in [0.717, 1.165) is 48.4 Å². The molecule has 1 saturated heterocycles. The topological polar surface area (TPSA) is 120 Å². The molecule has 2 aromatic rings. The largest absolute Gasteiger partial charge is 0.325 e. The van der Waals surface area contributed by atoms with E-state index in [1.807, 2.05) is 12.1 Å². The molecule has 9 nitrogen and oxygen atoms in total. The minimum absolute atomic E-state index is 0.288. The fourth-order valence-electron chi connectivity index (χ4n) is 4.34. The second-order valence-electron chi connectivity index (χ2n) is 8.41. The number of anilines is 1. The van der Waals surface area contributed by atoms with Crippen molar-refractivity contribution in [3.05, 3.63) is 30.1 Å². The maximum atomic E-state index is 12.8. The number of nitrogens with one attached hydrogen (secondary N) is 3. The second-order valence-corrected chi connectivity index (χ2v) is 8.41. The van der Waals surface area contributed by atoms with Crippen molar-refractivity contribution in [2.45, 2.75) is 56.4 Å². The Labute approximate surface area is 173 Å². The minimum atomic E-state index is -0.819. The molecule has 0 radical (unpaired) electrons. The summed E-state index contributed by atoms with van der Waals surface area (Å²) in [6.07, 6.45) is 6.41. The standard InChI is InChI=1S/C21H24N6O3/c28-16(12-27-19(29)21(24-20(27)30)9-2-1-3-10-21)22-15-6-4-5-14(11-15)18-23-17(25-26-18)13-7-8-13/h4-6,11,13H,1-3,7-10,12H2,(H,22,28)(H,24,30)(H,23,25,26). The van der Waals surface area contributed by atoms with Crippen LogP contribution in [0.15, 0.2) is 24.3 Å². The molecular formula is C21H24N6O3. The molecule has 0 unspecified atom stereocenters. The van der Waals surface area contributed by atoms with Crippen LogP contribution in [0.4, 0.5) is 10.5 Å². The smallest absolute Gasteiger partial charge is 0.325 e. The number of carbonyl (C=O) groups excluding carboxylic acids is 3. The zero-order valence-corrected chi connectivity index (χ0v) is 16.6. The Morgan fingerprint density at radius 3 is 2.77 bits per heavy atom. The number of carbonyl (C=O) groups is 3. The van der Waals surface area contributed by atoms with Crippen molar-refractivity contribution < 1.29 is 14.4 Å². The van der Waals surface area contributed by atoms with Crippen molar-refractivity contribution in [3.8, 4) is 11.4 Å². The maximum Gasteiger partial charge on any atom is 0.325 e. The Hall–Kier alpha value is -3.23. The van der Waals surface area contributed by atoms with E-state index < -0.39 is 17.5 Å². The highest BCUT2D eigenvalue weighted by atomic mass is 16.2. The molecular weight excluding hydrogens is 384 g/mol. The number of nitrogens with zero attached hydrogens (tertiary/aromatic N) is 3. The summed E-state index contributed by atoms with van der Waals surface area (Å²) in [5.74, 6) is 1.25. The summed E-state index contributed by atoms with van der Waals surface area (Å²) in [5.41, 5.74) is 0.530. The lowest BCUT2D eigenvalue weighted by molar-refractivity contribution is -0.134. The van der Waals surface area contributed by atoms with Crippen LogP contribution in [0.2, 0.25) is 0 Å². The third kappa shape index (κ3) is 3.44. The zero-order valence-electron chi connectivity index (χ0n) is 16.6. The highest BCUT2D eigenvalue weighted by Crippen LogP contribution is 2.38. The molecule has 1 aliphatic heterocycles. The van der Waals surface area contributed by atoms with Crippen LogP contribution in [-0.4, -0.2) is 50.0 Å². The Morgan fingerprint density at radius 1 is 1.20 bits per heavy atom. The molecule has 1 spiro atoms. The molecule has 30 heavy (non-hydrogen) atoms. The van der Waals surface area contributed by atoms with Crippen LogP contribution < -0.4 is 10.6 Å². The highest BCUT2D eigenvalue weighted by molar-refractivity contribution is 6.10. The van der Waals surface area contributed by atoms with Crippen LogP contribution in [-0.2, 0) is 9.59 Å². The van der Waals surface area contributed by atoms with Crippen molar-refractivity contribution in [1.82, 2.24) is 25.4 Å². The van der Waals surface area contributed by atoms with E-state index >= 15 is 0 Å². The van der Waals surface area contributed by atoms with Crippen molar-refractivity contribution >= 4 is 23.5 Å². The van der Waals surface area contributed by atoms with Gasteiger partial charge in [-0.3, -0.25) is 19.6 Å². The monoisotopic (exact) mass is 408 g/mol. The third-order valence-corrected chi connectivity index (χ3v) is 6.13. The van der Waals surface area contributed by atoms with Gasteiger partial charge < -0.3 is 10.6 Å². The molecule has 1 aromatic heterocycles. The van der Waals surface area contributed by atoms with Crippen LogP contribution in [0.1, 0.15) is 56.7 Å². The molecule has 156 valence electrons. The van der Waals surface area contributed by atoms with Crippen molar-refractivity contribution in [2.75, 3.05) is 11.9 Å². The molecule has 2 heterocycles. The first kappa shape index (κ1) is 18.8. The number of aromatic amines is 1. The average Bonchev–Trinajstić information content (AvgIpc) is 3.43. The van der Waals surface area contributed by atoms with Gasteiger partial charge >= 0.3 is 6.03 Å². The van der Waals surface area contributed by atoms with Crippen LogP contribution in [0, 0.1) is 0 Å². The van der Waals surface area contributed by atoms with E-state index in [-0.39, 0.29) is 12.5 Å². The van der Waals surface area contributed by atoms with Gasteiger partial charge in [-0.15, -0.1) is 0 Å². The molecule has 3 N–H and O–H groups in total. The van der Waals surface area contributed by atoms with Gasteiger partial charge in [0.2, 0.25) is 5.91 Å². The number of H-pyrrole nitrogens is 1. The number of imide groups is 1. The van der Waals surface area contributed by atoms with E-state index in [9.17, 15) is 14.4 Å². The first-order chi connectivity index (χ1) is 14.5. The summed E-state index contributed by atoms with van der Waals surface area (Å²) in [6.45, 7) is -0.302. The van der Waals surface area contributed by atoms with Gasteiger partial charge in [0.15, 0.2) is 5.82 Å². The van der Waals surface area contributed by atoms with Crippen molar-refractivity contribution in [2.24, 2.45) is 0 Å². The van der Waals surface area contributed by atoms with Crippen LogP contribution in [0.25, 0.3) is 11.4 Å². The lowest BCUT2D eigenvalue weighted by Crippen LogP contribution is -2.48. The van der Waals surface area contributed by atoms with Gasteiger partial charge in [0.25, 0.3) is 5.91 Å². The van der Waals surface area contributed by atoms with E-state index in [4.69, 9.17) is 0 Å². The molecule has 3 fully saturated rings. The third-order valence-electron chi connectivity index (χ3n) is 6.13. The SMILES string of the molecule is O=C(CN1C(=O)NC2(CCCCC2)C1=O)Nc1cccc(-c2n[nH]c(C3CC3)n2)c1. The summed E-state index contributed by atoms with van der Waals surface area (Å²) < 4.78 is 0. The Bertz CT molecular complexity index is 1010. The van der Waals surface area contributed by atoms with Crippen molar-refractivity contribution in [1.29, 1.82) is 0 Å². The van der Waals surface area contributed by atoms with Gasteiger partial charge in [-0.25, -0.2) is 9.78 Å². The quantitative estimate of drug-likeness (QED) is 0.657. The molecule has 9 heteroatoms. The summed E-state index contributed by atoms with van der Waals surface area (Å²) in [7, 11) is 0. The van der Waals surface area contributed by atoms with Gasteiger partial charge in [-0.1, -0.05) is 31.4 Å². The van der Waals surface area contributed by atoms with Gasteiger partial charge in [-0.05, 0) is 37.8 Å². The fraction of sp³-hybridized carbons (Fsp3) is 0.476. The van der Waals surface area contributed by atoms with Crippen molar-refractivity contribution in [3.63, 3.8) is 0 Å². The molecule has 3 aliphatic rings. The molecule has 5 rings (SSSR count). The van der Waals surface area contributed by atoms with E-state index in [0.29, 0.717) is 30.3 Å². The number of aromatic nitrogens is 3. The van der Waals surface area contributed by atoms with Gasteiger partial charge in [0, 0.05) is 17.2 Å². The number of hydrogen-bond acceptors (Lipinski definition) is 5.